The Hall–Kier alpha value is -3.94. The molecule has 1 atom stereocenters. The minimum absolute atomic E-state index is 0.0784. The number of hydrazone groups is 1. The average molecular weight is 463 g/mol. The quantitative estimate of drug-likeness (QED) is 0.289. The number of amides is 2. The molecule has 0 aliphatic carbocycles. The van der Waals surface area contributed by atoms with E-state index in [0.29, 0.717) is 12.2 Å². The normalized spacial score (nSPS) is 12.1. The molecule has 2 aromatic carbocycles. The number of carbonyl (C=O) groups excluding carboxylic acids is 3. The van der Waals surface area contributed by atoms with Gasteiger partial charge in [-0.3, -0.25) is 14.4 Å². The third-order valence-corrected chi connectivity index (χ3v) is 5.35. The van der Waals surface area contributed by atoms with E-state index in [2.05, 4.69) is 15.8 Å². The number of para-hydroxylation sites is 1. The third kappa shape index (κ3) is 6.10. The summed E-state index contributed by atoms with van der Waals surface area (Å²) < 4.78 is 6.84. The van der Waals surface area contributed by atoms with Crippen LogP contribution in [0.25, 0.3) is 10.9 Å². The summed E-state index contributed by atoms with van der Waals surface area (Å²) >= 11 is 0. The lowest BCUT2D eigenvalue weighted by atomic mass is 10.0. The second-order valence-electron chi connectivity index (χ2n) is 8.33. The van der Waals surface area contributed by atoms with Crippen molar-refractivity contribution in [2.24, 2.45) is 11.0 Å². The Morgan fingerprint density at radius 2 is 1.79 bits per heavy atom. The maximum atomic E-state index is 12.8. The summed E-state index contributed by atoms with van der Waals surface area (Å²) in [4.78, 5) is 37.3. The Bertz CT molecular complexity index is 1200. The van der Waals surface area contributed by atoms with Gasteiger partial charge in [-0.2, -0.15) is 5.10 Å². The first-order valence-electron chi connectivity index (χ1n) is 11.2. The Kier molecular flexibility index (Phi) is 8.19. The number of hydrogen-bond acceptors (Lipinski definition) is 5. The van der Waals surface area contributed by atoms with Crippen LogP contribution in [0.5, 0.6) is 0 Å². The molecule has 1 unspecified atom stereocenters. The lowest BCUT2D eigenvalue weighted by Gasteiger charge is -2.20. The third-order valence-electron chi connectivity index (χ3n) is 5.35. The minimum atomic E-state index is -0.754. The molecule has 0 bridgehead atoms. The number of benzene rings is 2. The number of nitrogens with zero attached hydrogens (tertiary/aromatic N) is 2. The summed E-state index contributed by atoms with van der Waals surface area (Å²) in [5.41, 5.74) is 5.66. The first-order chi connectivity index (χ1) is 16.3. The van der Waals surface area contributed by atoms with Crippen molar-refractivity contribution in [3.63, 3.8) is 0 Å². The van der Waals surface area contributed by atoms with Crippen molar-refractivity contribution in [3.8, 4) is 0 Å². The zero-order valence-corrected chi connectivity index (χ0v) is 19.9. The fraction of sp³-hybridized carbons (Fsp3) is 0.308. The highest BCUT2D eigenvalue weighted by Gasteiger charge is 2.24. The van der Waals surface area contributed by atoms with Gasteiger partial charge >= 0.3 is 5.97 Å². The molecule has 0 saturated carbocycles. The average Bonchev–Trinajstić information content (AvgIpc) is 3.15. The summed E-state index contributed by atoms with van der Waals surface area (Å²) in [5.74, 6) is -1.21. The lowest BCUT2D eigenvalue weighted by Crippen LogP contribution is -2.48. The van der Waals surface area contributed by atoms with Gasteiger partial charge in [0.05, 0.1) is 12.8 Å². The number of aryl methyl sites for hydroxylation is 1. The van der Waals surface area contributed by atoms with Crippen LogP contribution in [0.15, 0.2) is 59.8 Å². The van der Waals surface area contributed by atoms with Gasteiger partial charge in [0.15, 0.2) is 0 Å². The van der Waals surface area contributed by atoms with Crippen LogP contribution in [-0.2, 0) is 20.9 Å². The molecule has 2 N–H and O–H groups in total. The smallest absolute Gasteiger partial charge is 0.325 e. The maximum Gasteiger partial charge on any atom is 0.325 e. The van der Waals surface area contributed by atoms with E-state index >= 15 is 0 Å². The lowest BCUT2D eigenvalue weighted by molar-refractivity contribution is -0.143. The standard InChI is InChI=1S/C26H30N4O4/c1-5-34-23(31)16-30-15-20(21-8-6-7-9-22(21)30)14-27-29-26(33)24(17(2)3)28-25(32)19-12-10-18(4)11-13-19/h6-15,17,24H,5,16H2,1-4H3,(H,28,32)(H,29,33). The maximum absolute atomic E-state index is 12.8. The SMILES string of the molecule is CCOC(=O)Cn1cc(C=NNC(=O)C(NC(=O)c2ccc(C)cc2)C(C)C)c2ccccc21. The molecule has 8 nitrogen and oxygen atoms in total. The van der Waals surface area contributed by atoms with E-state index in [0.717, 1.165) is 22.0 Å². The zero-order valence-electron chi connectivity index (χ0n) is 19.9. The largest absolute Gasteiger partial charge is 0.465 e. The second-order valence-corrected chi connectivity index (χ2v) is 8.33. The molecular weight excluding hydrogens is 432 g/mol. The molecule has 1 aromatic heterocycles. The molecule has 178 valence electrons. The number of hydrogen-bond donors (Lipinski definition) is 2. The molecular formula is C26H30N4O4. The van der Waals surface area contributed by atoms with Crippen molar-refractivity contribution in [2.75, 3.05) is 6.61 Å². The Labute approximate surface area is 199 Å². The molecule has 0 aliphatic heterocycles. The van der Waals surface area contributed by atoms with E-state index in [-0.39, 0.29) is 24.3 Å². The number of ether oxygens (including phenoxy) is 1. The van der Waals surface area contributed by atoms with E-state index in [1.807, 2.05) is 57.2 Å². The monoisotopic (exact) mass is 462 g/mol. The van der Waals surface area contributed by atoms with Crippen LogP contribution in [0.1, 0.15) is 42.3 Å². The summed E-state index contributed by atoms with van der Waals surface area (Å²) in [6.45, 7) is 7.81. The fourth-order valence-electron chi connectivity index (χ4n) is 3.55. The van der Waals surface area contributed by atoms with Crippen LogP contribution in [0.3, 0.4) is 0 Å². The van der Waals surface area contributed by atoms with Crippen LogP contribution in [-0.4, -0.2) is 41.2 Å². The molecule has 0 aliphatic rings. The van der Waals surface area contributed by atoms with Gasteiger partial charge < -0.3 is 14.6 Å². The predicted octanol–water partition coefficient (Wildman–Crippen LogP) is 3.42. The molecule has 0 radical (unpaired) electrons. The van der Waals surface area contributed by atoms with E-state index in [9.17, 15) is 14.4 Å². The van der Waals surface area contributed by atoms with Crippen molar-refractivity contribution < 1.29 is 19.1 Å². The number of rotatable bonds is 9. The van der Waals surface area contributed by atoms with Crippen molar-refractivity contribution in [1.82, 2.24) is 15.3 Å². The van der Waals surface area contributed by atoms with Crippen molar-refractivity contribution >= 4 is 34.9 Å². The van der Waals surface area contributed by atoms with E-state index in [1.165, 1.54) is 6.21 Å². The number of carbonyl (C=O) groups is 3. The van der Waals surface area contributed by atoms with Crippen LogP contribution in [0.2, 0.25) is 0 Å². The van der Waals surface area contributed by atoms with Gasteiger partial charge in [-0.05, 0) is 38.0 Å². The summed E-state index contributed by atoms with van der Waals surface area (Å²) in [7, 11) is 0. The highest BCUT2D eigenvalue weighted by atomic mass is 16.5. The van der Waals surface area contributed by atoms with Crippen LogP contribution < -0.4 is 10.7 Å². The molecule has 0 spiro atoms. The van der Waals surface area contributed by atoms with Crippen molar-refractivity contribution in [1.29, 1.82) is 0 Å². The second kappa shape index (κ2) is 11.3. The van der Waals surface area contributed by atoms with Crippen LogP contribution in [0, 0.1) is 12.8 Å². The number of esters is 1. The van der Waals surface area contributed by atoms with E-state index in [4.69, 9.17) is 4.74 Å². The minimum Gasteiger partial charge on any atom is -0.465 e. The van der Waals surface area contributed by atoms with Crippen LogP contribution in [0.4, 0.5) is 0 Å². The highest BCUT2D eigenvalue weighted by molar-refractivity contribution is 6.01. The molecule has 0 saturated heterocycles. The van der Waals surface area contributed by atoms with Crippen LogP contribution >= 0.6 is 0 Å². The Balaban J connectivity index is 1.71. The van der Waals surface area contributed by atoms with Gasteiger partial charge in [-0.15, -0.1) is 0 Å². The molecule has 3 aromatic rings. The van der Waals surface area contributed by atoms with E-state index < -0.39 is 11.9 Å². The van der Waals surface area contributed by atoms with Gasteiger partial charge in [-0.25, -0.2) is 5.43 Å². The first kappa shape index (κ1) is 24.7. The molecule has 0 fully saturated rings. The molecule has 1 heterocycles. The van der Waals surface area contributed by atoms with Gasteiger partial charge in [-0.1, -0.05) is 49.7 Å². The van der Waals surface area contributed by atoms with Gasteiger partial charge in [0.2, 0.25) is 0 Å². The topological polar surface area (TPSA) is 102 Å². The summed E-state index contributed by atoms with van der Waals surface area (Å²) in [6, 6.07) is 14.0. The zero-order chi connectivity index (χ0) is 24.7. The summed E-state index contributed by atoms with van der Waals surface area (Å²) in [6.07, 6.45) is 3.32. The Morgan fingerprint density at radius 1 is 1.09 bits per heavy atom. The molecule has 3 rings (SSSR count). The molecule has 34 heavy (non-hydrogen) atoms. The van der Waals surface area contributed by atoms with Gasteiger partial charge in [0.1, 0.15) is 12.6 Å². The number of nitrogens with one attached hydrogen (secondary N) is 2. The first-order valence-corrected chi connectivity index (χ1v) is 11.2. The Morgan fingerprint density at radius 3 is 2.47 bits per heavy atom. The highest BCUT2D eigenvalue weighted by Crippen LogP contribution is 2.20. The molecule has 2 amide bonds. The molecule has 8 heteroatoms. The van der Waals surface area contributed by atoms with Crippen molar-refractivity contribution in [3.05, 3.63) is 71.4 Å². The number of aromatic nitrogens is 1. The fourth-order valence-corrected chi connectivity index (χ4v) is 3.55. The van der Waals surface area contributed by atoms with Gasteiger partial charge in [0, 0.05) is 28.2 Å². The number of fused-ring (bicyclic) bond motifs is 1. The van der Waals surface area contributed by atoms with Crippen molar-refractivity contribution in [2.45, 2.75) is 40.3 Å². The van der Waals surface area contributed by atoms with Gasteiger partial charge in [0.25, 0.3) is 11.8 Å². The summed E-state index contributed by atoms with van der Waals surface area (Å²) in [5, 5.41) is 7.78. The van der Waals surface area contributed by atoms with E-state index in [1.54, 1.807) is 29.8 Å². The predicted molar refractivity (Wildman–Crippen MR) is 132 cm³/mol.